The first kappa shape index (κ1) is 19.1. The van der Waals surface area contributed by atoms with Gasteiger partial charge in [-0.05, 0) is 42.0 Å². The molecule has 1 heterocycles. The van der Waals surface area contributed by atoms with Crippen LogP contribution in [-0.4, -0.2) is 29.4 Å². The molecule has 2 amide bonds. The number of hydrogen-bond donors (Lipinski definition) is 2. The van der Waals surface area contributed by atoms with Crippen LogP contribution in [0.15, 0.2) is 42.5 Å². The molecule has 1 fully saturated rings. The molecule has 0 bridgehead atoms. The number of amides is 2. The van der Waals surface area contributed by atoms with Gasteiger partial charge in [0, 0.05) is 30.2 Å². The molecule has 0 saturated carbocycles. The van der Waals surface area contributed by atoms with Gasteiger partial charge in [-0.3, -0.25) is 4.79 Å². The summed E-state index contributed by atoms with van der Waals surface area (Å²) >= 11 is 5.73. The number of nitrogens with one attached hydrogen (secondary N) is 1. The molecule has 2 N–H and O–H groups in total. The van der Waals surface area contributed by atoms with E-state index in [0.717, 1.165) is 17.0 Å². The van der Waals surface area contributed by atoms with E-state index in [-0.39, 0.29) is 30.2 Å². The van der Waals surface area contributed by atoms with Gasteiger partial charge in [0.15, 0.2) is 0 Å². The summed E-state index contributed by atoms with van der Waals surface area (Å²) in [6, 6.07) is 9.02. The van der Waals surface area contributed by atoms with E-state index >= 15 is 0 Å². The maximum Gasteiger partial charge on any atom is 0.410 e. The van der Waals surface area contributed by atoms with Crippen molar-refractivity contribution in [2.45, 2.75) is 18.8 Å². The molecular weight excluding hydrogens is 382 g/mol. The van der Waals surface area contributed by atoms with Crippen LogP contribution in [0.4, 0.5) is 19.3 Å². The molecule has 1 aliphatic heterocycles. The van der Waals surface area contributed by atoms with E-state index in [4.69, 9.17) is 16.3 Å². The molecule has 6 nitrogen and oxygen atoms in total. The zero-order chi connectivity index (χ0) is 19.6. The molecule has 27 heavy (non-hydrogen) atoms. The molecule has 2 aromatic carbocycles. The van der Waals surface area contributed by atoms with Crippen molar-refractivity contribution in [2.75, 3.05) is 11.4 Å². The summed E-state index contributed by atoms with van der Waals surface area (Å²) in [6.45, 7) is -0.0697. The van der Waals surface area contributed by atoms with E-state index < -0.39 is 29.4 Å². The van der Waals surface area contributed by atoms with Crippen molar-refractivity contribution < 1.29 is 28.2 Å². The second kappa shape index (κ2) is 7.50. The van der Waals surface area contributed by atoms with Gasteiger partial charge in [0.25, 0.3) is 11.7 Å². The van der Waals surface area contributed by atoms with Crippen molar-refractivity contribution in [1.29, 1.82) is 0 Å². The first-order valence-electron chi connectivity index (χ1n) is 7.98. The summed E-state index contributed by atoms with van der Waals surface area (Å²) in [5.41, 5.74) is 0.623. The Bertz CT molecular complexity index is 875. The summed E-state index contributed by atoms with van der Waals surface area (Å²) in [6.07, 6.45) is -1.24. The molecule has 1 saturated heterocycles. The lowest BCUT2D eigenvalue weighted by molar-refractivity contribution is -0.175. The molecule has 0 aliphatic carbocycles. The van der Waals surface area contributed by atoms with Crippen LogP contribution < -0.4 is 10.2 Å². The number of benzene rings is 2. The van der Waals surface area contributed by atoms with Crippen LogP contribution >= 0.6 is 11.6 Å². The largest absolute Gasteiger partial charge is 0.410 e. The number of alkyl carbamates (subject to hydrolysis) is 1. The molecule has 0 unspecified atom stereocenters. The first-order valence-corrected chi connectivity index (χ1v) is 8.36. The summed E-state index contributed by atoms with van der Waals surface area (Å²) in [7, 11) is 0. The lowest BCUT2D eigenvalue weighted by Gasteiger charge is -2.22. The zero-order valence-corrected chi connectivity index (χ0v) is 14.7. The fourth-order valence-electron chi connectivity index (χ4n) is 2.74. The third kappa shape index (κ3) is 4.35. The normalized spacial score (nSPS) is 19.3. The van der Waals surface area contributed by atoms with E-state index in [1.807, 2.05) is 0 Å². The number of rotatable bonds is 4. The molecule has 1 aliphatic rings. The SMILES string of the molecule is O=C(NCc1cc(F)cc(Cl)c1)O[C@]1(O)CCN(c2cccc(F)c2)C1=O. The average molecular weight is 397 g/mol. The molecular formula is C18H15ClF2N2O4. The number of carbonyl (C=O) groups is 2. The zero-order valence-electron chi connectivity index (χ0n) is 13.9. The minimum atomic E-state index is -2.37. The lowest BCUT2D eigenvalue weighted by atomic mass is 10.2. The smallest absolute Gasteiger partial charge is 0.407 e. The Labute approximate surface area is 158 Å². The molecule has 1 atom stereocenters. The highest BCUT2D eigenvalue weighted by atomic mass is 35.5. The predicted octanol–water partition coefficient (Wildman–Crippen LogP) is 2.97. The third-order valence-electron chi connectivity index (χ3n) is 3.99. The molecule has 9 heteroatoms. The van der Waals surface area contributed by atoms with Gasteiger partial charge < -0.3 is 20.1 Å². The molecule has 0 spiro atoms. The second-order valence-corrected chi connectivity index (χ2v) is 6.43. The number of halogens is 3. The van der Waals surface area contributed by atoms with Gasteiger partial charge in [0.2, 0.25) is 0 Å². The van der Waals surface area contributed by atoms with Crippen LogP contribution in [-0.2, 0) is 16.1 Å². The monoisotopic (exact) mass is 396 g/mol. The minimum absolute atomic E-state index is 0.0472. The Balaban J connectivity index is 1.62. The highest BCUT2D eigenvalue weighted by Crippen LogP contribution is 2.29. The lowest BCUT2D eigenvalue weighted by Crippen LogP contribution is -2.46. The molecule has 3 rings (SSSR count). The van der Waals surface area contributed by atoms with Gasteiger partial charge in [0.05, 0.1) is 0 Å². The van der Waals surface area contributed by atoms with Crippen LogP contribution in [0.5, 0.6) is 0 Å². The van der Waals surface area contributed by atoms with Crippen molar-refractivity contribution in [3.8, 4) is 0 Å². The number of anilines is 1. The van der Waals surface area contributed by atoms with Crippen LogP contribution in [0.3, 0.4) is 0 Å². The molecule has 2 aromatic rings. The Kier molecular flexibility index (Phi) is 5.29. The second-order valence-electron chi connectivity index (χ2n) is 5.99. The number of nitrogens with zero attached hydrogens (tertiary/aromatic N) is 1. The molecule has 0 aromatic heterocycles. The Hall–Kier alpha value is -2.71. The van der Waals surface area contributed by atoms with E-state index in [0.29, 0.717) is 5.56 Å². The van der Waals surface area contributed by atoms with Gasteiger partial charge in [-0.1, -0.05) is 17.7 Å². The van der Waals surface area contributed by atoms with Gasteiger partial charge in [0.1, 0.15) is 11.6 Å². The quantitative estimate of drug-likeness (QED) is 0.779. The summed E-state index contributed by atoms with van der Waals surface area (Å²) in [4.78, 5) is 25.5. The Morgan fingerprint density at radius 2 is 2.04 bits per heavy atom. The Morgan fingerprint density at radius 1 is 1.26 bits per heavy atom. The first-order chi connectivity index (χ1) is 12.8. The van der Waals surface area contributed by atoms with Crippen LogP contribution in [0, 0.1) is 11.6 Å². The van der Waals surface area contributed by atoms with Crippen LogP contribution in [0.1, 0.15) is 12.0 Å². The molecule has 142 valence electrons. The average Bonchev–Trinajstić information content (AvgIpc) is 2.87. The van der Waals surface area contributed by atoms with Crippen LogP contribution in [0.25, 0.3) is 0 Å². The van der Waals surface area contributed by atoms with Crippen molar-refractivity contribution >= 4 is 29.3 Å². The maximum absolute atomic E-state index is 13.3. The standard InChI is InChI=1S/C18H15ClF2N2O4/c19-12-6-11(7-14(21)8-12)10-22-17(25)27-18(26)4-5-23(16(18)24)15-3-1-2-13(20)9-15/h1-3,6-9,26H,4-5,10H2,(H,22,25)/t18-/m1/s1. The topological polar surface area (TPSA) is 78.9 Å². The van der Waals surface area contributed by atoms with Crippen molar-refractivity contribution in [3.63, 3.8) is 0 Å². The van der Waals surface area contributed by atoms with Gasteiger partial charge >= 0.3 is 6.09 Å². The maximum atomic E-state index is 13.3. The predicted molar refractivity (Wildman–Crippen MR) is 93.1 cm³/mol. The number of hydrogen-bond acceptors (Lipinski definition) is 4. The summed E-state index contributed by atoms with van der Waals surface area (Å²) in [5, 5.41) is 12.8. The fraction of sp³-hybridized carbons (Fsp3) is 0.222. The minimum Gasteiger partial charge on any atom is -0.407 e. The number of ether oxygens (including phenoxy) is 1. The van der Waals surface area contributed by atoms with E-state index in [2.05, 4.69) is 5.32 Å². The fourth-order valence-corrected chi connectivity index (χ4v) is 2.99. The van der Waals surface area contributed by atoms with E-state index in [1.165, 1.54) is 30.3 Å². The van der Waals surface area contributed by atoms with E-state index in [9.17, 15) is 23.5 Å². The van der Waals surface area contributed by atoms with Gasteiger partial charge in [-0.2, -0.15) is 0 Å². The highest BCUT2D eigenvalue weighted by molar-refractivity contribution is 6.30. The van der Waals surface area contributed by atoms with Crippen molar-refractivity contribution in [3.05, 3.63) is 64.7 Å². The summed E-state index contributed by atoms with van der Waals surface area (Å²) < 4.78 is 31.5. The highest BCUT2D eigenvalue weighted by Gasteiger charge is 2.49. The van der Waals surface area contributed by atoms with Crippen molar-refractivity contribution in [1.82, 2.24) is 5.32 Å². The van der Waals surface area contributed by atoms with E-state index in [1.54, 1.807) is 0 Å². The van der Waals surface area contributed by atoms with Crippen molar-refractivity contribution in [2.24, 2.45) is 0 Å². The summed E-state index contributed by atoms with van der Waals surface area (Å²) in [5.74, 6) is -4.35. The molecule has 0 radical (unpaired) electrons. The van der Waals surface area contributed by atoms with Gasteiger partial charge in [-0.25, -0.2) is 13.6 Å². The number of carbonyl (C=O) groups excluding carboxylic acids is 2. The van der Waals surface area contributed by atoms with Gasteiger partial charge in [-0.15, -0.1) is 0 Å². The van der Waals surface area contributed by atoms with Crippen LogP contribution in [0.2, 0.25) is 5.02 Å². The Morgan fingerprint density at radius 3 is 2.74 bits per heavy atom. The third-order valence-corrected chi connectivity index (χ3v) is 4.21. The number of aliphatic hydroxyl groups is 1.